The van der Waals surface area contributed by atoms with Gasteiger partial charge < -0.3 is 15.8 Å². The quantitative estimate of drug-likeness (QED) is 0.787. The van der Waals surface area contributed by atoms with Gasteiger partial charge in [0.05, 0.1) is 6.10 Å². The van der Waals surface area contributed by atoms with Gasteiger partial charge in [0.15, 0.2) is 0 Å². The fourth-order valence-corrected chi connectivity index (χ4v) is 2.27. The number of ether oxygens (including phenoxy) is 1. The SMILES string of the molecule is CCOC1CC(N)(C(=O)NC(C)(C)C)C1(C)C. The maximum absolute atomic E-state index is 12.2. The van der Waals surface area contributed by atoms with Gasteiger partial charge in [0.25, 0.3) is 0 Å². The number of amides is 1. The van der Waals surface area contributed by atoms with Crippen LogP contribution < -0.4 is 11.1 Å². The number of carbonyl (C=O) groups is 1. The Morgan fingerprint density at radius 2 is 2.00 bits per heavy atom. The lowest BCUT2D eigenvalue weighted by Crippen LogP contribution is -2.76. The Labute approximate surface area is 104 Å². The second kappa shape index (κ2) is 4.25. The number of hydrogen-bond donors (Lipinski definition) is 2. The molecule has 3 N–H and O–H groups in total. The maximum Gasteiger partial charge on any atom is 0.241 e. The van der Waals surface area contributed by atoms with Crippen LogP contribution in [0.25, 0.3) is 0 Å². The van der Waals surface area contributed by atoms with E-state index in [1.807, 2.05) is 41.5 Å². The molecule has 4 nitrogen and oxygen atoms in total. The molecular weight excluding hydrogens is 216 g/mol. The van der Waals surface area contributed by atoms with Crippen molar-refractivity contribution in [3.63, 3.8) is 0 Å². The minimum absolute atomic E-state index is 0.0724. The van der Waals surface area contributed by atoms with E-state index < -0.39 is 5.54 Å². The van der Waals surface area contributed by atoms with Crippen molar-refractivity contribution in [3.05, 3.63) is 0 Å². The van der Waals surface area contributed by atoms with Crippen molar-refractivity contribution in [2.75, 3.05) is 6.61 Å². The van der Waals surface area contributed by atoms with Gasteiger partial charge in [-0.1, -0.05) is 13.8 Å². The molecule has 0 aromatic rings. The van der Waals surface area contributed by atoms with Crippen LogP contribution in [-0.2, 0) is 9.53 Å². The number of nitrogens with one attached hydrogen (secondary N) is 1. The smallest absolute Gasteiger partial charge is 0.241 e. The van der Waals surface area contributed by atoms with E-state index in [0.717, 1.165) is 0 Å². The Morgan fingerprint density at radius 3 is 2.35 bits per heavy atom. The number of hydrogen-bond acceptors (Lipinski definition) is 3. The zero-order chi connectivity index (χ0) is 13.5. The molecule has 0 heterocycles. The monoisotopic (exact) mass is 242 g/mol. The Bertz CT molecular complexity index is 307. The van der Waals surface area contributed by atoms with Gasteiger partial charge >= 0.3 is 0 Å². The van der Waals surface area contributed by atoms with E-state index in [2.05, 4.69) is 5.32 Å². The van der Waals surface area contributed by atoms with Gasteiger partial charge in [-0.05, 0) is 27.7 Å². The molecule has 0 aromatic carbocycles. The van der Waals surface area contributed by atoms with E-state index in [9.17, 15) is 4.79 Å². The predicted octanol–water partition coefficient (Wildman–Crippen LogP) is 1.43. The van der Waals surface area contributed by atoms with E-state index in [-0.39, 0.29) is 23.0 Å². The van der Waals surface area contributed by atoms with Crippen LogP contribution in [-0.4, -0.2) is 29.7 Å². The summed E-state index contributed by atoms with van der Waals surface area (Å²) in [4.78, 5) is 12.2. The van der Waals surface area contributed by atoms with Crippen LogP contribution in [0.15, 0.2) is 0 Å². The second-order valence-corrected chi connectivity index (χ2v) is 6.55. The minimum Gasteiger partial charge on any atom is -0.378 e. The van der Waals surface area contributed by atoms with Crippen LogP contribution in [0.5, 0.6) is 0 Å². The van der Waals surface area contributed by atoms with Gasteiger partial charge in [0.1, 0.15) is 5.54 Å². The summed E-state index contributed by atoms with van der Waals surface area (Å²) in [6.07, 6.45) is 0.665. The van der Waals surface area contributed by atoms with Gasteiger partial charge in [-0.2, -0.15) is 0 Å². The first kappa shape index (κ1) is 14.5. The zero-order valence-corrected chi connectivity index (χ0v) is 11.9. The topological polar surface area (TPSA) is 64.3 Å². The van der Waals surface area contributed by atoms with Crippen molar-refractivity contribution in [2.45, 2.75) is 65.1 Å². The molecule has 2 atom stereocenters. The molecule has 0 radical (unpaired) electrons. The summed E-state index contributed by atoms with van der Waals surface area (Å²) in [5, 5.41) is 2.96. The Balaban J connectivity index is 2.75. The normalized spacial score (nSPS) is 31.8. The van der Waals surface area contributed by atoms with E-state index in [1.165, 1.54) is 0 Å². The summed E-state index contributed by atoms with van der Waals surface area (Å²) in [5.41, 5.74) is 4.87. The van der Waals surface area contributed by atoms with E-state index in [4.69, 9.17) is 10.5 Å². The first-order valence-corrected chi connectivity index (χ1v) is 6.27. The molecule has 1 fully saturated rings. The van der Waals surface area contributed by atoms with Crippen molar-refractivity contribution in [2.24, 2.45) is 11.1 Å². The average molecular weight is 242 g/mol. The van der Waals surface area contributed by atoms with Gasteiger partial charge in [0, 0.05) is 24.0 Å². The lowest BCUT2D eigenvalue weighted by molar-refractivity contribution is -0.171. The molecule has 2 unspecified atom stereocenters. The fourth-order valence-electron chi connectivity index (χ4n) is 2.27. The zero-order valence-electron chi connectivity index (χ0n) is 11.9. The number of nitrogens with two attached hydrogens (primary N) is 1. The molecule has 1 amide bonds. The Kier molecular flexibility index (Phi) is 3.61. The van der Waals surface area contributed by atoms with E-state index in [1.54, 1.807) is 0 Å². The summed E-state index contributed by atoms with van der Waals surface area (Å²) >= 11 is 0. The summed E-state index contributed by atoms with van der Waals surface area (Å²) in [7, 11) is 0. The molecule has 0 spiro atoms. The molecule has 1 rings (SSSR count). The molecule has 0 aliphatic heterocycles. The van der Waals surface area contributed by atoms with Crippen LogP contribution in [0.3, 0.4) is 0 Å². The summed E-state index contributed by atoms with van der Waals surface area (Å²) in [5.74, 6) is -0.0778. The minimum atomic E-state index is -0.819. The van der Waals surface area contributed by atoms with Crippen LogP contribution in [0.4, 0.5) is 0 Å². The summed E-state index contributed by atoms with van der Waals surface area (Å²) in [6, 6.07) is 0. The van der Waals surface area contributed by atoms with Gasteiger partial charge in [-0.15, -0.1) is 0 Å². The lowest BCUT2D eigenvalue weighted by Gasteiger charge is -2.58. The second-order valence-electron chi connectivity index (χ2n) is 6.55. The van der Waals surface area contributed by atoms with E-state index in [0.29, 0.717) is 13.0 Å². The first-order valence-electron chi connectivity index (χ1n) is 6.27. The van der Waals surface area contributed by atoms with Crippen molar-refractivity contribution in [1.29, 1.82) is 0 Å². The molecule has 1 aliphatic rings. The van der Waals surface area contributed by atoms with Crippen LogP contribution in [0, 0.1) is 5.41 Å². The van der Waals surface area contributed by atoms with Crippen molar-refractivity contribution in [3.8, 4) is 0 Å². The van der Waals surface area contributed by atoms with E-state index >= 15 is 0 Å². The van der Waals surface area contributed by atoms with Gasteiger partial charge in [-0.3, -0.25) is 4.79 Å². The predicted molar refractivity (Wildman–Crippen MR) is 68.6 cm³/mol. The summed E-state index contributed by atoms with van der Waals surface area (Å²) < 4.78 is 5.61. The Morgan fingerprint density at radius 1 is 1.47 bits per heavy atom. The average Bonchev–Trinajstić information content (AvgIpc) is 2.14. The van der Waals surface area contributed by atoms with Gasteiger partial charge in [-0.25, -0.2) is 0 Å². The first-order chi connectivity index (χ1) is 7.54. The highest BCUT2D eigenvalue weighted by Gasteiger charge is 2.63. The standard InChI is InChI=1S/C13H26N2O2/c1-7-17-9-8-13(14,12(9,5)6)10(16)15-11(2,3)4/h9H,7-8,14H2,1-6H3,(H,15,16). The van der Waals surface area contributed by atoms with Crippen LogP contribution in [0.1, 0.15) is 48.0 Å². The van der Waals surface area contributed by atoms with Crippen molar-refractivity contribution >= 4 is 5.91 Å². The highest BCUT2D eigenvalue weighted by Crippen LogP contribution is 2.49. The molecule has 100 valence electrons. The third kappa shape index (κ3) is 2.47. The lowest BCUT2D eigenvalue weighted by atomic mass is 9.54. The highest BCUT2D eigenvalue weighted by molar-refractivity contribution is 5.89. The number of carbonyl (C=O) groups excluding carboxylic acids is 1. The molecule has 0 aromatic heterocycles. The number of rotatable bonds is 3. The highest BCUT2D eigenvalue weighted by atomic mass is 16.5. The van der Waals surface area contributed by atoms with Gasteiger partial charge in [0.2, 0.25) is 5.91 Å². The molecular formula is C13H26N2O2. The largest absolute Gasteiger partial charge is 0.378 e. The van der Waals surface area contributed by atoms with Crippen LogP contribution >= 0.6 is 0 Å². The Hall–Kier alpha value is -0.610. The van der Waals surface area contributed by atoms with Crippen molar-refractivity contribution < 1.29 is 9.53 Å². The molecule has 1 aliphatic carbocycles. The molecule has 17 heavy (non-hydrogen) atoms. The van der Waals surface area contributed by atoms with Crippen molar-refractivity contribution in [1.82, 2.24) is 5.32 Å². The summed E-state index contributed by atoms with van der Waals surface area (Å²) in [6.45, 7) is 12.5. The third-order valence-electron chi connectivity index (χ3n) is 3.72. The fraction of sp³-hybridized carbons (Fsp3) is 0.923. The molecule has 0 saturated heterocycles. The molecule has 1 saturated carbocycles. The van der Waals surface area contributed by atoms with Crippen LogP contribution in [0.2, 0.25) is 0 Å². The molecule has 0 bridgehead atoms. The third-order valence-corrected chi connectivity index (χ3v) is 3.72. The molecule has 4 heteroatoms. The maximum atomic E-state index is 12.2.